The fourth-order valence-corrected chi connectivity index (χ4v) is 0.944. The lowest BCUT2D eigenvalue weighted by atomic mass is 9.77. The highest BCUT2D eigenvalue weighted by atomic mass is 16.5. The lowest BCUT2D eigenvalue weighted by Crippen LogP contribution is -2.22. The maximum atomic E-state index is 11.1. The Morgan fingerprint density at radius 3 is 2.64 bits per heavy atom. The predicted octanol–water partition coefficient (Wildman–Crippen LogP) is -0.903. The highest BCUT2D eigenvalue weighted by Crippen LogP contribution is 2.14. The summed E-state index contributed by atoms with van der Waals surface area (Å²) in [5.41, 5.74) is 5.08. The first-order chi connectivity index (χ1) is 6.61. The zero-order valence-electron chi connectivity index (χ0n) is 8.06. The van der Waals surface area contributed by atoms with Crippen LogP contribution in [0.4, 0.5) is 0 Å². The number of aliphatic carboxylic acids is 1. The Hall–Kier alpha value is -1.08. The van der Waals surface area contributed by atoms with Crippen molar-refractivity contribution in [3.05, 3.63) is 0 Å². The first kappa shape index (κ1) is 12.9. The zero-order valence-corrected chi connectivity index (χ0v) is 8.06. The maximum Gasteiger partial charge on any atom is 0.303 e. The van der Waals surface area contributed by atoms with Gasteiger partial charge in [-0.15, -0.1) is 0 Å². The van der Waals surface area contributed by atoms with Crippen molar-refractivity contribution in [1.29, 1.82) is 0 Å². The Balaban J connectivity index is 3.96. The number of hydrogen-bond acceptors (Lipinski definition) is 5. The Morgan fingerprint density at radius 1 is 1.57 bits per heavy atom. The van der Waals surface area contributed by atoms with Gasteiger partial charge in [0, 0.05) is 6.42 Å². The monoisotopic (exact) mass is 203 g/mol. The van der Waals surface area contributed by atoms with Crippen LogP contribution < -0.4 is 5.73 Å². The minimum absolute atomic E-state index is 0.000561. The average Bonchev–Trinajstić information content (AvgIpc) is 2.16. The Labute approximate surface area is 82.6 Å². The van der Waals surface area contributed by atoms with Gasteiger partial charge in [0.1, 0.15) is 0 Å². The summed E-state index contributed by atoms with van der Waals surface area (Å²) in [5, 5.41) is 8.42. The first-order valence-corrected chi connectivity index (χ1v) is 4.19. The molecular formula is C7H14BNO5. The molecule has 7 heteroatoms. The minimum Gasteiger partial charge on any atom is -0.481 e. The molecule has 0 radical (unpaired) electrons. The Kier molecular flexibility index (Phi) is 6.78. The van der Waals surface area contributed by atoms with E-state index in [1.807, 2.05) is 0 Å². The van der Waals surface area contributed by atoms with Crippen molar-refractivity contribution < 1.29 is 24.1 Å². The summed E-state index contributed by atoms with van der Waals surface area (Å²) in [7, 11) is 1.34. The zero-order chi connectivity index (χ0) is 11.0. The summed E-state index contributed by atoms with van der Waals surface area (Å²) >= 11 is 0. The molecule has 0 aromatic rings. The van der Waals surface area contributed by atoms with Gasteiger partial charge in [0.15, 0.2) is 0 Å². The van der Waals surface area contributed by atoms with E-state index in [1.54, 1.807) is 0 Å². The molecule has 0 fully saturated rings. The van der Waals surface area contributed by atoms with E-state index in [9.17, 15) is 9.59 Å². The number of carboxylic acid groups (broad SMARTS) is 1. The molecule has 0 aliphatic carbocycles. The van der Waals surface area contributed by atoms with E-state index < -0.39 is 17.8 Å². The predicted molar refractivity (Wildman–Crippen MR) is 49.9 cm³/mol. The van der Waals surface area contributed by atoms with E-state index in [0.29, 0.717) is 0 Å². The van der Waals surface area contributed by atoms with Crippen molar-refractivity contribution in [3.8, 4) is 0 Å². The van der Waals surface area contributed by atoms with Gasteiger partial charge in [-0.25, -0.2) is 0 Å². The number of rotatable bonds is 7. The molecule has 0 saturated heterocycles. The van der Waals surface area contributed by atoms with Crippen molar-refractivity contribution in [2.75, 3.05) is 13.8 Å². The molecule has 0 rings (SSSR count). The third-order valence-corrected chi connectivity index (χ3v) is 1.68. The molecule has 0 heterocycles. The summed E-state index contributed by atoms with van der Waals surface area (Å²) in [5.74, 6) is -1.98. The van der Waals surface area contributed by atoms with Gasteiger partial charge in [0.2, 0.25) is 0 Å². The molecule has 0 aromatic carbocycles. The lowest BCUT2D eigenvalue weighted by Gasteiger charge is -2.11. The second-order valence-electron chi connectivity index (χ2n) is 2.69. The van der Waals surface area contributed by atoms with Gasteiger partial charge in [-0.05, 0) is 6.42 Å². The number of carbonyl (C=O) groups excluding carboxylic acids is 1. The first-order valence-electron chi connectivity index (χ1n) is 4.19. The van der Waals surface area contributed by atoms with Crippen LogP contribution in [0.5, 0.6) is 0 Å². The lowest BCUT2D eigenvalue weighted by molar-refractivity contribution is -0.141. The van der Waals surface area contributed by atoms with Gasteiger partial charge in [0.25, 0.3) is 7.48 Å². The van der Waals surface area contributed by atoms with E-state index in [-0.39, 0.29) is 27.1 Å². The van der Waals surface area contributed by atoms with E-state index in [1.165, 1.54) is 7.11 Å². The molecule has 0 bridgehead atoms. The smallest absolute Gasteiger partial charge is 0.303 e. The van der Waals surface area contributed by atoms with Crippen LogP contribution in [-0.4, -0.2) is 38.4 Å². The standard InChI is InChI=1S/C7H14BNO5/c1-13-7(12)5(8-14-4-9)2-3-6(10)11/h5,8H,2-4,9H2,1H3,(H,10,11)/t5-/m0/s1. The molecule has 0 unspecified atom stereocenters. The molecule has 3 N–H and O–H groups in total. The third-order valence-electron chi connectivity index (χ3n) is 1.68. The summed E-state index contributed by atoms with van der Waals surface area (Å²) in [6.07, 6.45) is 0.107. The number of ether oxygens (including phenoxy) is 1. The Bertz CT molecular complexity index is 199. The molecule has 6 nitrogen and oxygen atoms in total. The van der Waals surface area contributed by atoms with Crippen LogP contribution in [0.3, 0.4) is 0 Å². The van der Waals surface area contributed by atoms with E-state index in [4.69, 9.17) is 15.5 Å². The average molecular weight is 203 g/mol. The molecule has 0 spiro atoms. The SMILES string of the molecule is COC(=O)[C@@H](BOCN)CCC(=O)O. The fraction of sp³-hybridized carbons (Fsp3) is 0.714. The number of esters is 1. The van der Waals surface area contributed by atoms with Gasteiger partial charge in [-0.3, -0.25) is 9.59 Å². The number of carboxylic acids is 1. The van der Waals surface area contributed by atoms with Gasteiger partial charge >= 0.3 is 11.9 Å². The molecule has 0 saturated carbocycles. The Morgan fingerprint density at radius 2 is 2.21 bits per heavy atom. The van der Waals surface area contributed by atoms with E-state index in [0.717, 1.165) is 0 Å². The van der Waals surface area contributed by atoms with Crippen molar-refractivity contribution in [2.24, 2.45) is 5.73 Å². The highest BCUT2D eigenvalue weighted by Gasteiger charge is 2.22. The number of hydrogen-bond donors (Lipinski definition) is 2. The second-order valence-corrected chi connectivity index (χ2v) is 2.69. The summed E-state index contributed by atoms with van der Waals surface area (Å²) < 4.78 is 9.32. The maximum absolute atomic E-state index is 11.1. The number of nitrogens with two attached hydrogens (primary N) is 1. The van der Waals surface area contributed by atoms with E-state index >= 15 is 0 Å². The fourth-order valence-electron chi connectivity index (χ4n) is 0.944. The topological polar surface area (TPSA) is 98.9 Å². The van der Waals surface area contributed by atoms with Gasteiger partial charge in [0.05, 0.1) is 19.7 Å². The highest BCUT2D eigenvalue weighted by molar-refractivity contribution is 6.36. The molecule has 0 aromatic heterocycles. The van der Waals surface area contributed by atoms with Crippen LogP contribution >= 0.6 is 0 Å². The van der Waals surface area contributed by atoms with Gasteiger partial charge in [-0.2, -0.15) is 0 Å². The molecule has 0 aliphatic rings. The van der Waals surface area contributed by atoms with E-state index in [2.05, 4.69) is 4.74 Å². The van der Waals surface area contributed by atoms with Crippen LogP contribution in [0.25, 0.3) is 0 Å². The summed E-state index contributed by atoms with van der Waals surface area (Å²) in [4.78, 5) is 21.4. The van der Waals surface area contributed by atoms with Crippen LogP contribution in [0, 0.1) is 0 Å². The molecule has 0 aliphatic heterocycles. The molecular weight excluding hydrogens is 189 g/mol. The van der Waals surface area contributed by atoms with Crippen molar-refractivity contribution >= 4 is 19.4 Å². The minimum atomic E-state index is -0.952. The third kappa shape index (κ3) is 5.55. The molecule has 80 valence electrons. The quantitative estimate of drug-likeness (QED) is 0.316. The number of methoxy groups -OCH3 is 1. The van der Waals surface area contributed by atoms with Crippen molar-refractivity contribution in [1.82, 2.24) is 0 Å². The van der Waals surface area contributed by atoms with Crippen molar-refractivity contribution in [3.63, 3.8) is 0 Å². The largest absolute Gasteiger partial charge is 0.481 e. The van der Waals surface area contributed by atoms with Crippen LogP contribution in [0.15, 0.2) is 0 Å². The van der Waals surface area contributed by atoms with Crippen LogP contribution in [0.1, 0.15) is 12.8 Å². The summed E-state index contributed by atoms with van der Waals surface area (Å²) in [6, 6.07) is 0. The van der Waals surface area contributed by atoms with Gasteiger partial charge in [-0.1, -0.05) is 0 Å². The van der Waals surface area contributed by atoms with Gasteiger partial charge < -0.3 is 20.2 Å². The van der Waals surface area contributed by atoms with Crippen LogP contribution in [0.2, 0.25) is 5.82 Å². The number of carbonyl (C=O) groups is 2. The molecule has 1 atom stereocenters. The molecule has 0 amide bonds. The normalized spacial score (nSPS) is 11.9. The van der Waals surface area contributed by atoms with Crippen LogP contribution in [-0.2, 0) is 19.0 Å². The second kappa shape index (κ2) is 7.34. The molecule has 14 heavy (non-hydrogen) atoms. The summed E-state index contributed by atoms with van der Waals surface area (Å²) in [6.45, 7) is 0.000561. The van der Waals surface area contributed by atoms with Crippen molar-refractivity contribution in [2.45, 2.75) is 18.7 Å².